The molecule has 2 rings (SSSR count). The van der Waals surface area contributed by atoms with Gasteiger partial charge in [0.25, 0.3) is 0 Å². The van der Waals surface area contributed by atoms with E-state index in [2.05, 4.69) is 0 Å². The van der Waals surface area contributed by atoms with Crippen molar-refractivity contribution in [2.45, 2.75) is 38.2 Å². The average Bonchev–Trinajstić information content (AvgIpc) is 2.75. The van der Waals surface area contributed by atoms with Crippen LogP contribution in [0.1, 0.15) is 43.0 Å². The second kappa shape index (κ2) is 4.87. The van der Waals surface area contributed by atoms with Crippen LogP contribution < -0.4 is 4.74 Å². The lowest BCUT2D eigenvalue weighted by molar-refractivity contribution is -0.386. The van der Waals surface area contributed by atoms with Gasteiger partial charge in [-0.1, -0.05) is 0 Å². The van der Waals surface area contributed by atoms with Crippen LogP contribution in [0.15, 0.2) is 18.2 Å². The van der Waals surface area contributed by atoms with Gasteiger partial charge in [-0.15, -0.1) is 0 Å². The predicted octanol–water partition coefficient (Wildman–Crippen LogP) is 3.00. The smallest absolute Gasteiger partial charge is 0.335 e. The molecule has 0 spiro atoms. The van der Waals surface area contributed by atoms with Crippen molar-refractivity contribution in [2.75, 3.05) is 0 Å². The molecule has 1 aromatic rings. The molecule has 1 aliphatic rings. The number of hydrogen-bond acceptors (Lipinski definition) is 4. The minimum absolute atomic E-state index is 0.0119. The number of nitro benzene ring substituents is 1. The lowest BCUT2D eigenvalue weighted by Crippen LogP contribution is -2.28. The molecular weight excluding hydrogens is 250 g/mol. The van der Waals surface area contributed by atoms with E-state index in [0.29, 0.717) is 0 Å². The van der Waals surface area contributed by atoms with Gasteiger partial charge in [-0.05, 0) is 38.7 Å². The summed E-state index contributed by atoms with van der Waals surface area (Å²) in [6, 6.07) is 3.62. The van der Waals surface area contributed by atoms with Crippen molar-refractivity contribution in [3.8, 4) is 5.75 Å². The van der Waals surface area contributed by atoms with Crippen LogP contribution >= 0.6 is 0 Å². The zero-order chi connectivity index (χ0) is 14.0. The Hall–Kier alpha value is -2.11. The summed E-state index contributed by atoms with van der Waals surface area (Å²) in [5, 5.41) is 19.9. The number of nitrogens with zero attached hydrogens (tertiary/aromatic N) is 1. The highest BCUT2D eigenvalue weighted by atomic mass is 16.6. The van der Waals surface area contributed by atoms with Crippen molar-refractivity contribution >= 4 is 11.7 Å². The van der Waals surface area contributed by atoms with Crippen LogP contribution in [-0.4, -0.2) is 21.6 Å². The van der Waals surface area contributed by atoms with E-state index in [0.717, 1.165) is 25.7 Å². The third kappa shape index (κ3) is 2.83. The molecule has 0 aliphatic heterocycles. The van der Waals surface area contributed by atoms with Gasteiger partial charge < -0.3 is 9.84 Å². The minimum atomic E-state index is -1.13. The Morgan fingerprint density at radius 2 is 2.05 bits per heavy atom. The largest absolute Gasteiger partial charge is 0.481 e. The second-order valence-electron chi connectivity index (χ2n) is 5.00. The molecule has 0 unspecified atom stereocenters. The molecule has 0 heterocycles. The third-order valence-electron chi connectivity index (χ3n) is 3.42. The Balaban J connectivity index is 2.37. The van der Waals surface area contributed by atoms with Crippen LogP contribution in [0.4, 0.5) is 5.69 Å². The molecule has 0 aromatic heterocycles. The summed E-state index contributed by atoms with van der Waals surface area (Å²) in [5.74, 6) is -1.09. The minimum Gasteiger partial charge on any atom is -0.481 e. The topological polar surface area (TPSA) is 89.7 Å². The van der Waals surface area contributed by atoms with Gasteiger partial charge in [0.2, 0.25) is 0 Å². The van der Waals surface area contributed by atoms with Crippen molar-refractivity contribution in [1.82, 2.24) is 0 Å². The van der Waals surface area contributed by atoms with Crippen LogP contribution in [0.2, 0.25) is 0 Å². The SMILES string of the molecule is CC1(Oc2cc(C(=O)O)ccc2[N+](=O)[O-])CCCC1. The van der Waals surface area contributed by atoms with Crippen molar-refractivity contribution in [3.05, 3.63) is 33.9 Å². The van der Waals surface area contributed by atoms with E-state index in [1.54, 1.807) is 0 Å². The summed E-state index contributed by atoms with van der Waals surface area (Å²) < 4.78 is 5.74. The van der Waals surface area contributed by atoms with Crippen molar-refractivity contribution in [1.29, 1.82) is 0 Å². The molecule has 0 radical (unpaired) electrons. The van der Waals surface area contributed by atoms with Crippen molar-refractivity contribution in [2.24, 2.45) is 0 Å². The number of nitro groups is 1. The first-order chi connectivity index (χ1) is 8.91. The van der Waals surface area contributed by atoms with Gasteiger partial charge in [0.05, 0.1) is 10.5 Å². The number of hydrogen-bond donors (Lipinski definition) is 1. The van der Waals surface area contributed by atoms with E-state index in [9.17, 15) is 14.9 Å². The summed E-state index contributed by atoms with van der Waals surface area (Å²) in [4.78, 5) is 21.3. The molecule has 0 atom stereocenters. The Kier molecular flexibility index (Phi) is 3.42. The maximum Gasteiger partial charge on any atom is 0.335 e. The molecule has 1 N–H and O–H groups in total. The van der Waals surface area contributed by atoms with E-state index in [1.807, 2.05) is 6.92 Å². The molecule has 0 bridgehead atoms. The fourth-order valence-electron chi connectivity index (χ4n) is 2.37. The van der Waals surface area contributed by atoms with E-state index in [4.69, 9.17) is 9.84 Å². The van der Waals surface area contributed by atoms with Crippen LogP contribution in [0, 0.1) is 10.1 Å². The lowest BCUT2D eigenvalue weighted by atomic mass is 10.1. The highest BCUT2D eigenvalue weighted by Gasteiger charge is 2.33. The number of ether oxygens (including phenoxy) is 1. The fourth-order valence-corrected chi connectivity index (χ4v) is 2.37. The molecule has 102 valence electrons. The highest BCUT2D eigenvalue weighted by Crippen LogP contribution is 2.38. The van der Waals surface area contributed by atoms with E-state index in [-0.39, 0.29) is 17.0 Å². The van der Waals surface area contributed by atoms with Gasteiger partial charge in [0.1, 0.15) is 5.60 Å². The summed E-state index contributed by atoms with van der Waals surface area (Å²) >= 11 is 0. The zero-order valence-corrected chi connectivity index (χ0v) is 10.6. The molecule has 1 saturated carbocycles. The van der Waals surface area contributed by atoms with Gasteiger partial charge in [-0.25, -0.2) is 4.79 Å². The fraction of sp³-hybridized carbons (Fsp3) is 0.462. The van der Waals surface area contributed by atoms with Gasteiger partial charge in [-0.3, -0.25) is 10.1 Å². The third-order valence-corrected chi connectivity index (χ3v) is 3.42. The number of carboxylic acid groups (broad SMARTS) is 1. The number of benzene rings is 1. The maximum atomic E-state index is 11.0. The first-order valence-corrected chi connectivity index (χ1v) is 6.12. The normalized spacial score (nSPS) is 17.1. The Morgan fingerprint density at radius 3 is 2.58 bits per heavy atom. The van der Waals surface area contributed by atoms with Gasteiger partial charge in [0.15, 0.2) is 5.75 Å². The quantitative estimate of drug-likeness (QED) is 0.667. The number of carboxylic acids is 1. The van der Waals surface area contributed by atoms with E-state index >= 15 is 0 Å². The Labute approximate surface area is 110 Å². The van der Waals surface area contributed by atoms with Crippen LogP contribution in [-0.2, 0) is 0 Å². The van der Waals surface area contributed by atoms with Crippen molar-refractivity contribution in [3.63, 3.8) is 0 Å². The molecule has 6 nitrogen and oxygen atoms in total. The average molecular weight is 265 g/mol. The Morgan fingerprint density at radius 1 is 1.42 bits per heavy atom. The van der Waals surface area contributed by atoms with Gasteiger partial charge >= 0.3 is 11.7 Å². The Bertz CT molecular complexity index is 520. The molecule has 1 aliphatic carbocycles. The van der Waals surface area contributed by atoms with Crippen molar-refractivity contribution < 1.29 is 19.6 Å². The number of aromatic carboxylic acids is 1. The first kappa shape index (κ1) is 13.3. The number of carbonyl (C=O) groups is 1. The first-order valence-electron chi connectivity index (χ1n) is 6.12. The van der Waals surface area contributed by atoms with Crippen LogP contribution in [0.25, 0.3) is 0 Å². The van der Waals surface area contributed by atoms with E-state index < -0.39 is 16.5 Å². The molecule has 1 fully saturated rings. The standard InChI is InChI=1S/C13H15NO5/c1-13(6-2-3-7-13)19-11-8-9(12(15)16)4-5-10(11)14(17)18/h4-5,8H,2-3,6-7H2,1H3,(H,15,16). The zero-order valence-electron chi connectivity index (χ0n) is 10.6. The molecule has 6 heteroatoms. The molecule has 19 heavy (non-hydrogen) atoms. The summed E-state index contributed by atoms with van der Waals surface area (Å²) in [5.41, 5.74) is -0.651. The summed E-state index contributed by atoms with van der Waals surface area (Å²) in [7, 11) is 0. The molecule has 0 saturated heterocycles. The van der Waals surface area contributed by atoms with Crippen LogP contribution in [0.3, 0.4) is 0 Å². The van der Waals surface area contributed by atoms with E-state index in [1.165, 1.54) is 18.2 Å². The summed E-state index contributed by atoms with van der Waals surface area (Å²) in [6.07, 6.45) is 3.68. The second-order valence-corrected chi connectivity index (χ2v) is 5.00. The number of rotatable bonds is 4. The van der Waals surface area contributed by atoms with Gasteiger partial charge in [0, 0.05) is 12.1 Å². The highest BCUT2D eigenvalue weighted by molar-refractivity contribution is 5.88. The summed E-state index contributed by atoms with van der Waals surface area (Å²) in [6.45, 7) is 1.90. The molecule has 0 amide bonds. The lowest BCUT2D eigenvalue weighted by Gasteiger charge is -2.25. The maximum absolute atomic E-state index is 11.0. The molecular formula is C13H15NO5. The predicted molar refractivity (Wildman–Crippen MR) is 67.6 cm³/mol. The van der Waals surface area contributed by atoms with Gasteiger partial charge in [-0.2, -0.15) is 0 Å². The monoisotopic (exact) mass is 265 g/mol. The van der Waals surface area contributed by atoms with Crippen LogP contribution in [0.5, 0.6) is 5.75 Å². The molecule has 1 aromatic carbocycles.